The number of benzene rings is 3. The van der Waals surface area contributed by atoms with E-state index in [-0.39, 0.29) is 12.5 Å². The molecule has 3 aromatic rings. The van der Waals surface area contributed by atoms with Gasteiger partial charge < -0.3 is 10.1 Å². The topological polar surface area (TPSA) is 62.1 Å². The summed E-state index contributed by atoms with van der Waals surface area (Å²) in [5.41, 5.74) is 1.34. The minimum absolute atomic E-state index is 0.114. The summed E-state index contributed by atoms with van der Waals surface area (Å²) in [7, 11) is 0. The largest absolute Gasteiger partial charge is 0.477 e. The Morgan fingerprint density at radius 2 is 1.92 bits per heavy atom. The zero-order chi connectivity index (χ0) is 18.4. The molecule has 0 aromatic heterocycles. The molecule has 0 spiro atoms. The van der Waals surface area contributed by atoms with E-state index < -0.39 is 0 Å². The molecule has 0 heterocycles. The average molecular weight is 363 g/mol. The molecule has 5 heteroatoms. The van der Waals surface area contributed by atoms with Crippen molar-refractivity contribution >= 4 is 40.0 Å². The first-order valence-corrected chi connectivity index (χ1v) is 8.31. The highest BCUT2D eigenvalue weighted by Crippen LogP contribution is 2.28. The van der Waals surface area contributed by atoms with Gasteiger partial charge in [0.05, 0.1) is 5.69 Å². The van der Waals surface area contributed by atoms with E-state index in [9.17, 15) is 4.79 Å². The Morgan fingerprint density at radius 3 is 2.73 bits per heavy atom. The molecule has 0 aliphatic rings. The second-order valence-corrected chi connectivity index (χ2v) is 5.95. The highest BCUT2D eigenvalue weighted by molar-refractivity contribution is 6.31. The summed E-state index contributed by atoms with van der Waals surface area (Å²) in [6.45, 7) is -0.114. The molecular weight excluding hydrogens is 348 g/mol. The van der Waals surface area contributed by atoms with Gasteiger partial charge in [-0.3, -0.25) is 4.79 Å². The lowest BCUT2D eigenvalue weighted by Gasteiger charge is -2.10. The summed E-state index contributed by atoms with van der Waals surface area (Å²) in [5, 5.41) is 14.1. The Bertz CT molecular complexity index is 1020. The van der Waals surface area contributed by atoms with Crippen LogP contribution in [-0.2, 0) is 4.79 Å². The van der Waals surface area contributed by atoms with Gasteiger partial charge in [-0.25, -0.2) is 0 Å². The molecule has 1 N–H and O–H groups in total. The Balaban J connectivity index is 1.74. The fourth-order valence-electron chi connectivity index (χ4n) is 2.49. The number of carbonyl (C=O) groups is 1. The zero-order valence-electron chi connectivity index (χ0n) is 13.8. The number of fused-ring (bicyclic) bond motifs is 1. The average Bonchev–Trinajstić information content (AvgIpc) is 2.65. The van der Waals surface area contributed by atoms with Crippen LogP contribution < -0.4 is 10.1 Å². The van der Waals surface area contributed by atoms with Crippen LogP contribution in [0.1, 0.15) is 5.56 Å². The lowest BCUT2D eigenvalue weighted by Crippen LogP contribution is -2.09. The second-order valence-electron chi connectivity index (χ2n) is 5.52. The van der Waals surface area contributed by atoms with Gasteiger partial charge in [0, 0.05) is 11.1 Å². The monoisotopic (exact) mass is 362 g/mol. The van der Waals surface area contributed by atoms with E-state index in [0.717, 1.165) is 16.3 Å². The first kappa shape index (κ1) is 17.5. The quantitative estimate of drug-likeness (QED) is 0.646. The third-order valence-corrected chi connectivity index (χ3v) is 3.93. The number of carbonyl (C=O) groups excluding carboxylic acids is 1. The third-order valence-electron chi connectivity index (χ3n) is 3.69. The molecule has 0 fully saturated rings. The number of nitrogens with one attached hydrogen (secondary N) is 1. The molecule has 3 aromatic carbocycles. The number of anilines is 1. The SMILES string of the molecule is N#CCOc1ccc(Cl)cc1NC(=O)/C=C/c1ccc2ccccc2c1. The van der Waals surface area contributed by atoms with Crippen molar-refractivity contribution in [3.8, 4) is 11.8 Å². The summed E-state index contributed by atoms with van der Waals surface area (Å²) in [5.74, 6) is 0.0747. The van der Waals surface area contributed by atoms with Crippen molar-refractivity contribution in [1.82, 2.24) is 0 Å². The number of amides is 1. The van der Waals surface area contributed by atoms with Crippen LogP contribution in [0.5, 0.6) is 5.75 Å². The fourth-order valence-corrected chi connectivity index (χ4v) is 2.67. The summed E-state index contributed by atoms with van der Waals surface area (Å²) in [6, 6.07) is 20.7. The normalized spacial score (nSPS) is 10.6. The minimum atomic E-state index is -0.317. The number of rotatable bonds is 5. The maximum atomic E-state index is 12.2. The Labute approximate surface area is 156 Å². The molecule has 0 aliphatic heterocycles. The smallest absolute Gasteiger partial charge is 0.248 e. The van der Waals surface area contributed by atoms with Gasteiger partial charge in [-0.05, 0) is 46.7 Å². The Hall–Kier alpha value is -3.29. The van der Waals surface area contributed by atoms with Gasteiger partial charge in [0.15, 0.2) is 6.61 Å². The van der Waals surface area contributed by atoms with Gasteiger partial charge in [-0.1, -0.05) is 48.0 Å². The maximum Gasteiger partial charge on any atom is 0.248 e. The molecule has 0 atom stereocenters. The van der Waals surface area contributed by atoms with Gasteiger partial charge in [0.25, 0.3) is 0 Å². The molecule has 128 valence electrons. The van der Waals surface area contributed by atoms with Crippen LogP contribution >= 0.6 is 11.6 Å². The van der Waals surface area contributed by atoms with Crippen LogP contribution in [0, 0.1) is 11.3 Å². The molecule has 4 nitrogen and oxygen atoms in total. The van der Waals surface area contributed by atoms with Gasteiger partial charge in [-0.15, -0.1) is 0 Å². The Morgan fingerprint density at radius 1 is 1.12 bits per heavy atom. The second kappa shape index (κ2) is 8.19. The highest BCUT2D eigenvalue weighted by Gasteiger charge is 2.07. The zero-order valence-corrected chi connectivity index (χ0v) is 14.5. The van der Waals surface area contributed by atoms with Gasteiger partial charge >= 0.3 is 0 Å². The van der Waals surface area contributed by atoms with Crippen molar-refractivity contribution < 1.29 is 9.53 Å². The molecule has 3 rings (SSSR count). The molecule has 0 radical (unpaired) electrons. The lowest BCUT2D eigenvalue weighted by atomic mass is 10.1. The highest BCUT2D eigenvalue weighted by atomic mass is 35.5. The van der Waals surface area contributed by atoms with Crippen LogP contribution in [0.3, 0.4) is 0 Å². The van der Waals surface area contributed by atoms with E-state index in [1.807, 2.05) is 48.5 Å². The predicted octanol–water partition coefficient (Wildman–Crippen LogP) is 5.05. The van der Waals surface area contributed by atoms with Crippen LogP contribution in [0.15, 0.2) is 66.7 Å². The van der Waals surface area contributed by atoms with Gasteiger partial charge in [0.2, 0.25) is 5.91 Å². The van der Waals surface area contributed by atoms with E-state index in [4.69, 9.17) is 21.6 Å². The van der Waals surface area contributed by atoms with Crippen LogP contribution in [0.4, 0.5) is 5.69 Å². The number of nitrogens with zero attached hydrogens (tertiary/aromatic N) is 1. The number of nitriles is 1. The van der Waals surface area contributed by atoms with Crippen LogP contribution in [-0.4, -0.2) is 12.5 Å². The number of hydrogen-bond donors (Lipinski definition) is 1. The van der Waals surface area contributed by atoms with Crippen molar-refractivity contribution in [1.29, 1.82) is 5.26 Å². The van der Waals surface area contributed by atoms with Crippen molar-refractivity contribution in [3.05, 3.63) is 77.3 Å². The standard InChI is InChI=1S/C21H15ClN2O2/c22-18-8-9-20(26-12-11-23)19(14-18)24-21(25)10-6-15-5-7-16-3-1-2-4-17(16)13-15/h1-10,13-14H,12H2,(H,24,25)/b10-6+. The first-order valence-electron chi connectivity index (χ1n) is 7.93. The minimum Gasteiger partial charge on any atom is -0.477 e. The third kappa shape index (κ3) is 4.41. The molecule has 0 bridgehead atoms. The lowest BCUT2D eigenvalue weighted by molar-refractivity contribution is -0.111. The summed E-state index contributed by atoms with van der Waals surface area (Å²) in [6.07, 6.45) is 3.18. The van der Waals surface area contributed by atoms with Crippen molar-refractivity contribution in [2.45, 2.75) is 0 Å². The Kier molecular flexibility index (Phi) is 5.52. The summed E-state index contributed by atoms with van der Waals surface area (Å²) < 4.78 is 5.29. The van der Waals surface area contributed by atoms with E-state index in [0.29, 0.717) is 16.5 Å². The number of hydrogen-bond acceptors (Lipinski definition) is 3. The molecule has 0 unspecified atom stereocenters. The summed E-state index contributed by atoms with van der Waals surface area (Å²) in [4.78, 5) is 12.2. The predicted molar refractivity (Wildman–Crippen MR) is 104 cm³/mol. The molecule has 0 saturated carbocycles. The molecule has 0 saturated heterocycles. The van der Waals surface area contributed by atoms with E-state index in [1.54, 1.807) is 24.3 Å². The van der Waals surface area contributed by atoms with E-state index >= 15 is 0 Å². The fraction of sp³-hybridized carbons (Fsp3) is 0.0476. The first-order chi connectivity index (χ1) is 12.7. The van der Waals surface area contributed by atoms with Gasteiger partial charge in [0.1, 0.15) is 11.8 Å². The van der Waals surface area contributed by atoms with Crippen LogP contribution in [0.25, 0.3) is 16.8 Å². The molecule has 0 aliphatic carbocycles. The van der Waals surface area contributed by atoms with Crippen LogP contribution in [0.2, 0.25) is 5.02 Å². The summed E-state index contributed by atoms with van der Waals surface area (Å²) >= 11 is 5.97. The molecule has 26 heavy (non-hydrogen) atoms. The molecular formula is C21H15ClN2O2. The van der Waals surface area contributed by atoms with E-state index in [1.165, 1.54) is 6.08 Å². The number of ether oxygens (including phenoxy) is 1. The molecule has 1 amide bonds. The number of halogens is 1. The van der Waals surface area contributed by atoms with Crippen molar-refractivity contribution in [2.75, 3.05) is 11.9 Å². The van der Waals surface area contributed by atoms with Crippen molar-refractivity contribution in [2.24, 2.45) is 0 Å². The van der Waals surface area contributed by atoms with Crippen molar-refractivity contribution in [3.63, 3.8) is 0 Å². The van der Waals surface area contributed by atoms with E-state index in [2.05, 4.69) is 5.32 Å². The maximum absolute atomic E-state index is 12.2. The van der Waals surface area contributed by atoms with Gasteiger partial charge in [-0.2, -0.15) is 5.26 Å².